The first-order valence-electron chi connectivity index (χ1n) is 11.6. The Labute approximate surface area is 207 Å². The van der Waals surface area contributed by atoms with Crippen molar-refractivity contribution in [2.24, 2.45) is 0 Å². The number of anilines is 2. The second kappa shape index (κ2) is 10.2. The summed E-state index contributed by atoms with van der Waals surface area (Å²) >= 11 is 0. The van der Waals surface area contributed by atoms with Crippen LogP contribution >= 0.6 is 0 Å². The lowest BCUT2D eigenvalue weighted by Crippen LogP contribution is -2.44. The molecular formula is C27H25F2N5O2. The Morgan fingerprint density at radius 1 is 0.889 bits per heavy atom. The van der Waals surface area contributed by atoms with Crippen molar-refractivity contribution in [2.45, 2.75) is 0 Å². The highest BCUT2D eigenvalue weighted by Gasteiger charge is 2.15. The topological polar surface area (TPSA) is 73.5 Å². The number of H-pyrrole nitrogens is 1. The van der Waals surface area contributed by atoms with Crippen molar-refractivity contribution in [3.63, 3.8) is 0 Å². The molecule has 0 atom stereocenters. The van der Waals surface area contributed by atoms with E-state index in [1.165, 1.54) is 0 Å². The minimum Gasteiger partial charge on any atom is -0.457 e. The normalized spacial score (nSPS) is 14.0. The number of ether oxygens (including phenoxy) is 1. The Morgan fingerprint density at radius 3 is 2.22 bits per heavy atom. The predicted molar refractivity (Wildman–Crippen MR) is 135 cm³/mol. The third-order valence-corrected chi connectivity index (χ3v) is 6.05. The van der Waals surface area contributed by atoms with Gasteiger partial charge in [0.15, 0.2) is 5.82 Å². The monoisotopic (exact) mass is 489 g/mol. The van der Waals surface area contributed by atoms with E-state index in [1.807, 2.05) is 24.3 Å². The first-order chi connectivity index (χ1) is 17.4. The van der Waals surface area contributed by atoms with E-state index in [1.54, 1.807) is 30.3 Å². The summed E-state index contributed by atoms with van der Waals surface area (Å²) in [4.78, 5) is 17.3. The zero-order valence-electron chi connectivity index (χ0n) is 19.7. The lowest BCUT2D eigenvalue weighted by atomic mass is 10.1. The van der Waals surface area contributed by atoms with Crippen molar-refractivity contribution in [1.82, 2.24) is 15.1 Å². The average Bonchev–Trinajstić information content (AvgIpc) is 3.33. The van der Waals surface area contributed by atoms with Crippen LogP contribution in [-0.4, -0.2) is 54.2 Å². The second-order valence-electron chi connectivity index (χ2n) is 8.69. The van der Waals surface area contributed by atoms with Gasteiger partial charge in [0.2, 0.25) is 0 Å². The molecule has 0 saturated carbocycles. The number of nitrogens with zero attached hydrogens (tertiary/aromatic N) is 3. The molecule has 0 radical (unpaired) electrons. The maximum atomic E-state index is 13.4. The molecule has 36 heavy (non-hydrogen) atoms. The zero-order valence-corrected chi connectivity index (χ0v) is 19.7. The number of likely N-dealkylation sites (N-methyl/N-ethyl adjacent to an activating group) is 1. The number of hydrogen-bond acceptors (Lipinski definition) is 5. The Morgan fingerprint density at radius 2 is 1.56 bits per heavy atom. The van der Waals surface area contributed by atoms with Gasteiger partial charge in [-0.05, 0) is 61.1 Å². The smallest absolute Gasteiger partial charge is 0.256 e. The van der Waals surface area contributed by atoms with Crippen LogP contribution in [0.4, 0.5) is 20.3 Å². The number of carbonyl (C=O) groups is 1. The standard InChI is InChI=1S/C27H25F2N5O2/c1-33-10-12-34(13-11-33)22-6-2-19(3-7-22)27(35)30-26-17-25(31-32-26)18-4-8-23(9-5-18)36-24-15-20(28)14-21(29)16-24/h2-9,14-17H,10-13H2,1H3,(H2,30,31,32,35). The van der Waals surface area contributed by atoms with Gasteiger partial charge >= 0.3 is 0 Å². The number of hydrogen-bond donors (Lipinski definition) is 2. The van der Waals surface area contributed by atoms with Crippen molar-refractivity contribution in [3.8, 4) is 22.8 Å². The van der Waals surface area contributed by atoms with Gasteiger partial charge in [-0.2, -0.15) is 5.10 Å². The first-order valence-corrected chi connectivity index (χ1v) is 11.6. The van der Waals surface area contributed by atoms with Crippen LogP contribution in [0, 0.1) is 11.6 Å². The molecule has 9 heteroatoms. The number of benzene rings is 3. The van der Waals surface area contributed by atoms with Crippen LogP contribution in [0.3, 0.4) is 0 Å². The highest BCUT2D eigenvalue weighted by atomic mass is 19.1. The van der Waals surface area contributed by atoms with Crippen molar-refractivity contribution >= 4 is 17.4 Å². The summed E-state index contributed by atoms with van der Waals surface area (Å²) in [6.07, 6.45) is 0. The van der Waals surface area contributed by atoms with Gasteiger partial charge in [-0.25, -0.2) is 8.78 Å². The van der Waals surface area contributed by atoms with Gasteiger partial charge in [-0.1, -0.05) is 0 Å². The third-order valence-electron chi connectivity index (χ3n) is 6.05. The highest BCUT2D eigenvalue weighted by molar-refractivity contribution is 6.04. The molecule has 184 valence electrons. The van der Waals surface area contributed by atoms with Crippen LogP contribution in [-0.2, 0) is 0 Å². The largest absolute Gasteiger partial charge is 0.457 e. The molecule has 1 fully saturated rings. The molecule has 4 aromatic rings. The lowest BCUT2D eigenvalue weighted by molar-refractivity contribution is 0.102. The summed E-state index contributed by atoms with van der Waals surface area (Å²) in [6, 6.07) is 19.2. The van der Waals surface area contributed by atoms with E-state index in [-0.39, 0.29) is 11.7 Å². The van der Waals surface area contributed by atoms with Gasteiger partial charge < -0.3 is 19.9 Å². The fraction of sp³-hybridized carbons (Fsp3) is 0.185. The summed E-state index contributed by atoms with van der Waals surface area (Å²) in [5.74, 6) is -0.766. The van der Waals surface area contributed by atoms with E-state index in [2.05, 4.69) is 32.4 Å². The maximum absolute atomic E-state index is 13.4. The number of rotatable bonds is 6. The Hall–Kier alpha value is -4.24. The molecule has 1 aliphatic rings. The minimum atomic E-state index is -0.709. The van der Waals surface area contributed by atoms with Crippen LogP contribution in [0.5, 0.6) is 11.5 Å². The van der Waals surface area contributed by atoms with Gasteiger partial charge in [0.25, 0.3) is 5.91 Å². The van der Waals surface area contributed by atoms with E-state index in [4.69, 9.17) is 4.74 Å². The summed E-state index contributed by atoms with van der Waals surface area (Å²) in [7, 11) is 2.12. The molecular weight excluding hydrogens is 464 g/mol. The summed E-state index contributed by atoms with van der Waals surface area (Å²) < 4.78 is 32.2. The van der Waals surface area contributed by atoms with Crippen molar-refractivity contribution in [3.05, 3.63) is 90.0 Å². The van der Waals surface area contributed by atoms with Crippen molar-refractivity contribution in [1.29, 1.82) is 0 Å². The SMILES string of the molecule is CN1CCN(c2ccc(C(=O)Nc3cc(-c4ccc(Oc5cc(F)cc(F)c5)cc4)[nH]n3)cc2)CC1. The third kappa shape index (κ3) is 5.52. The fourth-order valence-corrected chi connectivity index (χ4v) is 4.04. The predicted octanol–water partition coefficient (Wildman–Crippen LogP) is 5.15. The summed E-state index contributed by atoms with van der Waals surface area (Å²) in [5, 5.41) is 9.90. The molecule has 0 unspecified atom stereocenters. The van der Waals surface area contributed by atoms with Gasteiger partial charge in [-0.15, -0.1) is 0 Å². The van der Waals surface area contributed by atoms with Crippen molar-refractivity contribution < 1.29 is 18.3 Å². The molecule has 7 nitrogen and oxygen atoms in total. The molecule has 3 aromatic carbocycles. The van der Waals surface area contributed by atoms with Crippen LogP contribution in [0.2, 0.25) is 0 Å². The quantitative estimate of drug-likeness (QED) is 0.392. The van der Waals surface area contributed by atoms with Crippen LogP contribution in [0.25, 0.3) is 11.3 Å². The number of carbonyl (C=O) groups excluding carboxylic acids is 1. The summed E-state index contributed by atoms with van der Waals surface area (Å²) in [6.45, 7) is 3.97. The molecule has 2 heterocycles. The number of aromatic nitrogens is 2. The lowest BCUT2D eigenvalue weighted by Gasteiger charge is -2.34. The number of halogens is 2. The molecule has 5 rings (SSSR count). The van der Waals surface area contributed by atoms with E-state index < -0.39 is 11.6 Å². The van der Waals surface area contributed by atoms with Crippen LogP contribution in [0.15, 0.2) is 72.8 Å². The maximum Gasteiger partial charge on any atom is 0.256 e. The number of piperazine rings is 1. The van der Waals surface area contributed by atoms with Gasteiger partial charge in [0, 0.05) is 61.7 Å². The Balaban J connectivity index is 1.20. The molecule has 1 aliphatic heterocycles. The highest BCUT2D eigenvalue weighted by Crippen LogP contribution is 2.27. The number of nitrogens with one attached hydrogen (secondary N) is 2. The number of aromatic amines is 1. The molecule has 2 N–H and O–H groups in total. The zero-order chi connectivity index (χ0) is 25.1. The molecule has 0 aliphatic carbocycles. The van der Waals surface area contributed by atoms with E-state index in [9.17, 15) is 13.6 Å². The average molecular weight is 490 g/mol. The van der Waals surface area contributed by atoms with Crippen LogP contribution in [0.1, 0.15) is 10.4 Å². The molecule has 1 amide bonds. The Bertz CT molecular complexity index is 1330. The fourth-order valence-electron chi connectivity index (χ4n) is 4.04. The molecule has 0 bridgehead atoms. The first kappa shape index (κ1) is 23.5. The summed E-state index contributed by atoms with van der Waals surface area (Å²) in [5.41, 5.74) is 3.15. The van der Waals surface area contributed by atoms with Gasteiger partial charge in [-0.3, -0.25) is 9.89 Å². The molecule has 1 saturated heterocycles. The van der Waals surface area contributed by atoms with Crippen LogP contribution < -0.4 is 15.0 Å². The minimum absolute atomic E-state index is 0.0726. The van der Waals surface area contributed by atoms with Gasteiger partial charge in [0.05, 0.1) is 5.69 Å². The molecule has 1 aromatic heterocycles. The van der Waals surface area contributed by atoms with E-state index in [0.29, 0.717) is 22.8 Å². The molecule has 0 spiro atoms. The second-order valence-corrected chi connectivity index (χ2v) is 8.69. The van der Waals surface area contributed by atoms with Crippen molar-refractivity contribution in [2.75, 3.05) is 43.4 Å². The Kier molecular flexibility index (Phi) is 6.64. The van der Waals surface area contributed by atoms with E-state index in [0.717, 1.165) is 55.6 Å². The number of amides is 1. The van der Waals surface area contributed by atoms with E-state index >= 15 is 0 Å². The van der Waals surface area contributed by atoms with Gasteiger partial charge in [0.1, 0.15) is 23.1 Å².